The van der Waals surface area contributed by atoms with Crippen LogP contribution in [0.3, 0.4) is 0 Å². The van der Waals surface area contributed by atoms with Crippen molar-refractivity contribution in [2.45, 2.75) is 23.1 Å². The van der Waals surface area contributed by atoms with Crippen LogP contribution in [0.1, 0.15) is 18.1 Å². The number of nitrogens with one attached hydrogen (secondary N) is 2. The number of hydrogen-bond acceptors (Lipinski definition) is 7. The third kappa shape index (κ3) is 5.54. The molecular weight excluding hydrogens is 378 g/mol. The maximum absolute atomic E-state index is 12.3. The van der Waals surface area contributed by atoms with E-state index in [4.69, 9.17) is 5.26 Å². The van der Waals surface area contributed by atoms with E-state index in [9.17, 15) is 4.79 Å². The molecule has 8 heteroatoms. The Morgan fingerprint density at radius 2 is 1.93 bits per heavy atom. The summed E-state index contributed by atoms with van der Waals surface area (Å²) in [5, 5.41) is 23.5. The Morgan fingerprint density at radius 3 is 2.63 bits per heavy atom. The number of anilines is 2. The van der Waals surface area contributed by atoms with Crippen LogP contribution in [0.5, 0.6) is 0 Å². The van der Waals surface area contributed by atoms with Crippen molar-refractivity contribution in [1.29, 1.82) is 5.26 Å². The summed E-state index contributed by atoms with van der Waals surface area (Å²) >= 11 is 2.78. The van der Waals surface area contributed by atoms with Gasteiger partial charge >= 0.3 is 0 Å². The normalized spacial score (nSPS) is 11.4. The van der Waals surface area contributed by atoms with Gasteiger partial charge < -0.3 is 10.6 Å². The molecule has 3 rings (SSSR count). The SMILES string of the molecule is C[C@H](Sc1nnc(NCc2ccccc2)s1)C(=O)Nc1ccc(C#N)cc1. The predicted molar refractivity (Wildman–Crippen MR) is 109 cm³/mol. The van der Waals surface area contributed by atoms with Gasteiger partial charge in [0.2, 0.25) is 11.0 Å². The second kappa shape index (κ2) is 9.16. The van der Waals surface area contributed by atoms with Crippen LogP contribution in [0.4, 0.5) is 10.8 Å². The minimum Gasteiger partial charge on any atom is -0.356 e. The highest BCUT2D eigenvalue weighted by Crippen LogP contribution is 2.29. The van der Waals surface area contributed by atoms with E-state index in [-0.39, 0.29) is 11.2 Å². The number of amides is 1. The molecule has 0 unspecified atom stereocenters. The Morgan fingerprint density at radius 1 is 1.19 bits per heavy atom. The van der Waals surface area contributed by atoms with Gasteiger partial charge in [-0.3, -0.25) is 4.79 Å². The minimum absolute atomic E-state index is 0.126. The smallest absolute Gasteiger partial charge is 0.237 e. The molecule has 0 saturated heterocycles. The summed E-state index contributed by atoms with van der Waals surface area (Å²) in [6.07, 6.45) is 0. The van der Waals surface area contributed by atoms with E-state index in [1.54, 1.807) is 24.3 Å². The third-order valence-electron chi connectivity index (χ3n) is 3.62. The van der Waals surface area contributed by atoms with Gasteiger partial charge in [0.25, 0.3) is 0 Å². The molecule has 0 fully saturated rings. The maximum atomic E-state index is 12.3. The molecule has 0 bridgehead atoms. The zero-order valence-corrected chi connectivity index (χ0v) is 16.2. The third-order valence-corrected chi connectivity index (χ3v) is 5.69. The van der Waals surface area contributed by atoms with E-state index in [0.717, 1.165) is 15.0 Å². The first-order valence-corrected chi connectivity index (χ1v) is 9.92. The zero-order chi connectivity index (χ0) is 19.1. The number of carbonyl (C=O) groups excluding carboxylic acids is 1. The van der Waals surface area contributed by atoms with E-state index in [2.05, 4.69) is 20.8 Å². The fourth-order valence-electron chi connectivity index (χ4n) is 2.18. The average Bonchev–Trinajstić information content (AvgIpc) is 3.15. The van der Waals surface area contributed by atoms with Gasteiger partial charge in [0, 0.05) is 12.2 Å². The Balaban J connectivity index is 1.51. The fraction of sp³-hybridized carbons (Fsp3) is 0.158. The predicted octanol–water partition coefficient (Wildman–Crippen LogP) is 4.14. The molecule has 1 aromatic heterocycles. The lowest BCUT2D eigenvalue weighted by Gasteiger charge is -2.10. The molecule has 6 nitrogen and oxygen atoms in total. The zero-order valence-electron chi connectivity index (χ0n) is 14.5. The number of benzene rings is 2. The second-order valence-corrected chi connectivity index (χ2v) is 8.22. The molecule has 27 heavy (non-hydrogen) atoms. The molecule has 1 atom stereocenters. The monoisotopic (exact) mass is 395 g/mol. The van der Waals surface area contributed by atoms with E-state index < -0.39 is 0 Å². The molecular formula is C19H17N5OS2. The van der Waals surface area contributed by atoms with Crippen LogP contribution in [0.2, 0.25) is 0 Å². The molecule has 0 spiro atoms. The van der Waals surface area contributed by atoms with Gasteiger partial charge in [-0.1, -0.05) is 53.4 Å². The van der Waals surface area contributed by atoms with Gasteiger partial charge in [0.05, 0.1) is 16.9 Å². The summed E-state index contributed by atoms with van der Waals surface area (Å²) in [7, 11) is 0. The highest BCUT2D eigenvalue weighted by molar-refractivity contribution is 8.02. The molecule has 3 aromatic rings. The number of thioether (sulfide) groups is 1. The van der Waals surface area contributed by atoms with Crippen molar-refractivity contribution in [3.8, 4) is 6.07 Å². The van der Waals surface area contributed by atoms with Crippen molar-refractivity contribution in [1.82, 2.24) is 10.2 Å². The number of rotatable bonds is 7. The van der Waals surface area contributed by atoms with Crippen molar-refractivity contribution in [3.05, 3.63) is 65.7 Å². The second-order valence-electron chi connectivity index (χ2n) is 5.65. The number of nitriles is 1. The summed E-state index contributed by atoms with van der Waals surface area (Å²) in [6.45, 7) is 2.50. The number of carbonyl (C=O) groups is 1. The molecule has 2 N–H and O–H groups in total. The largest absolute Gasteiger partial charge is 0.356 e. The van der Waals surface area contributed by atoms with Crippen LogP contribution < -0.4 is 10.6 Å². The lowest BCUT2D eigenvalue weighted by molar-refractivity contribution is -0.115. The summed E-state index contributed by atoms with van der Waals surface area (Å²) in [5.41, 5.74) is 2.38. The molecule has 2 aromatic carbocycles. The van der Waals surface area contributed by atoms with Crippen LogP contribution in [-0.2, 0) is 11.3 Å². The van der Waals surface area contributed by atoms with Crippen molar-refractivity contribution >= 4 is 39.8 Å². The molecule has 1 heterocycles. The van der Waals surface area contributed by atoms with Crippen LogP contribution in [0, 0.1) is 11.3 Å². The van der Waals surface area contributed by atoms with Gasteiger partial charge in [-0.25, -0.2) is 0 Å². The molecule has 0 saturated carbocycles. The van der Waals surface area contributed by atoms with Crippen molar-refractivity contribution in [3.63, 3.8) is 0 Å². The summed E-state index contributed by atoms with van der Waals surface area (Å²) < 4.78 is 0.730. The lowest BCUT2D eigenvalue weighted by Crippen LogP contribution is -2.22. The fourth-order valence-corrected chi connectivity index (χ4v) is 4.07. The van der Waals surface area contributed by atoms with Crippen molar-refractivity contribution in [2.24, 2.45) is 0 Å². The van der Waals surface area contributed by atoms with E-state index >= 15 is 0 Å². The number of nitrogens with zero attached hydrogens (tertiary/aromatic N) is 3. The maximum Gasteiger partial charge on any atom is 0.237 e. The first-order valence-electron chi connectivity index (χ1n) is 8.23. The van der Waals surface area contributed by atoms with Crippen LogP contribution in [0.25, 0.3) is 0 Å². The Kier molecular flexibility index (Phi) is 6.41. The van der Waals surface area contributed by atoms with Gasteiger partial charge in [0.1, 0.15) is 0 Å². The molecule has 0 aliphatic heterocycles. The topological polar surface area (TPSA) is 90.7 Å². The van der Waals surface area contributed by atoms with Crippen LogP contribution in [-0.4, -0.2) is 21.4 Å². The van der Waals surface area contributed by atoms with Crippen molar-refractivity contribution < 1.29 is 4.79 Å². The minimum atomic E-state index is -0.324. The quantitative estimate of drug-likeness (QED) is 0.584. The van der Waals surface area contributed by atoms with E-state index in [1.165, 1.54) is 23.1 Å². The van der Waals surface area contributed by atoms with Crippen LogP contribution >= 0.6 is 23.1 Å². The Hall–Kier alpha value is -2.89. The van der Waals surface area contributed by atoms with Crippen molar-refractivity contribution in [2.75, 3.05) is 10.6 Å². The summed E-state index contributed by atoms with van der Waals surface area (Å²) in [4.78, 5) is 12.3. The van der Waals surface area contributed by atoms with Gasteiger partial charge in [-0.2, -0.15) is 5.26 Å². The molecule has 0 aliphatic rings. The standard InChI is InChI=1S/C19H17N5OS2/c1-13(17(25)22-16-9-7-14(11-20)8-10-16)26-19-24-23-18(27-19)21-12-15-5-3-2-4-6-15/h2-10,13H,12H2,1H3,(H,21,23)(H,22,25)/t13-/m0/s1. The van der Waals surface area contributed by atoms with Gasteiger partial charge in [0.15, 0.2) is 4.34 Å². The van der Waals surface area contributed by atoms with E-state index in [0.29, 0.717) is 17.8 Å². The first-order chi connectivity index (χ1) is 13.1. The highest BCUT2D eigenvalue weighted by Gasteiger charge is 2.17. The highest BCUT2D eigenvalue weighted by atomic mass is 32.2. The average molecular weight is 396 g/mol. The Labute approximate surface area is 165 Å². The first kappa shape index (κ1) is 18.9. The van der Waals surface area contributed by atoms with Crippen LogP contribution in [0.15, 0.2) is 58.9 Å². The van der Waals surface area contributed by atoms with Gasteiger partial charge in [-0.05, 0) is 36.8 Å². The Bertz CT molecular complexity index is 935. The molecule has 0 aliphatic carbocycles. The summed E-state index contributed by atoms with van der Waals surface area (Å²) in [5.74, 6) is -0.126. The molecule has 1 amide bonds. The molecule has 136 valence electrons. The lowest BCUT2D eigenvalue weighted by atomic mass is 10.2. The van der Waals surface area contributed by atoms with Gasteiger partial charge in [-0.15, -0.1) is 10.2 Å². The number of hydrogen-bond donors (Lipinski definition) is 2. The summed E-state index contributed by atoms with van der Waals surface area (Å²) in [6, 6.07) is 18.9. The van der Waals surface area contributed by atoms with E-state index in [1.807, 2.05) is 43.3 Å². The number of aromatic nitrogens is 2. The molecule has 0 radical (unpaired) electrons.